The van der Waals surface area contributed by atoms with Crippen molar-refractivity contribution in [3.8, 4) is 0 Å². The minimum Gasteiger partial charge on any atom is -0.396 e. The third kappa shape index (κ3) is 6.74. The Morgan fingerprint density at radius 2 is 1.81 bits per heavy atom. The second-order valence-corrected chi connectivity index (χ2v) is 5.19. The third-order valence-electron chi connectivity index (χ3n) is 3.69. The van der Waals surface area contributed by atoms with E-state index in [-0.39, 0.29) is 12.5 Å². The summed E-state index contributed by atoms with van der Waals surface area (Å²) in [4.78, 5) is 14.1. The Morgan fingerprint density at radius 1 is 1.14 bits per heavy atom. The molecular formula is C17H28N2O2. The summed E-state index contributed by atoms with van der Waals surface area (Å²) in [6.07, 6.45) is 1.91. The summed E-state index contributed by atoms with van der Waals surface area (Å²) in [6.45, 7) is 8.03. The molecule has 0 aliphatic rings. The van der Waals surface area contributed by atoms with Crippen LogP contribution in [0.25, 0.3) is 0 Å². The first-order chi connectivity index (χ1) is 10.2. The van der Waals surface area contributed by atoms with Crippen molar-refractivity contribution in [2.45, 2.75) is 46.2 Å². The summed E-state index contributed by atoms with van der Waals surface area (Å²) in [5.74, 6) is 0.0566. The molecule has 118 valence electrons. The van der Waals surface area contributed by atoms with Gasteiger partial charge in [0.1, 0.15) is 0 Å². The number of carbonyl (C=O) groups excluding carboxylic acids is 1. The van der Waals surface area contributed by atoms with Crippen LogP contribution in [0.4, 0.5) is 0 Å². The van der Waals surface area contributed by atoms with Crippen molar-refractivity contribution in [3.63, 3.8) is 0 Å². The van der Waals surface area contributed by atoms with Crippen LogP contribution >= 0.6 is 0 Å². The molecule has 0 fully saturated rings. The molecule has 0 saturated heterocycles. The van der Waals surface area contributed by atoms with Crippen LogP contribution in [0.2, 0.25) is 0 Å². The minimum atomic E-state index is 0.0566. The fraction of sp³-hybridized carbons (Fsp3) is 0.588. The lowest BCUT2D eigenvalue weighted by atomic mass is 10.1. The van der Waals surface area contributed by atoms with Gasteiger partial charge in [0.05, 0.1) is 0 Å². The first kappa shape index (κ1) is 17.7. The fourth-order valence-electron chi connectivity index (χ4n) is 2.25. The van der Waals surface area contributed by atoms with E-state index in [1.165, 1.54) is 11.1 Å². The summed E-state index contributed by atoms with van der Waals surface area (Å²) in [7, 11) is 0. The van der Waals surface area contributed by atoms with Crippen LogP contribution in [0, 0.1) is 0 Å². The van der Waals surface area contributed by atoms with Gasteiger partial charge in [0.2, 0.25) is 5.91 Å². The Bertz CT molecular complexity index is 417. The molecule has 0 aromatic heterocycles. The summed E-state index contributed by atoms with van der Waals surface area (Å²) < 4.78 is 0. The van der Waals surface area contributed by atoms with Gasteiger partial charge in [0.25, 0.3) is 0 Å². The number of hydrogen-bond acceptors (Lipinski definition) is 3. The number of nitrogens with zero attached hydrogens (tertiary/aromatic N) is 1. The molecule has 1 aromatic rings. The van der Waals surface area contributed by atoms with Gasteiger partial charge in [-0.1, -0.05) is 38.1 Å². The average molecular weight is 292 g/mol. The smallest absolute Gasteiger partial charge is 0.220 e. The van der Waals surface area contributed by atoms with E-state index >= 15 is 0 Å². The number of rotatable bonds is 10. The Labute approximate surface area is 128 Å². The SMILES string of the molecule is CCN(CC)Cc1ccccc1CNC(=O)CCCCO. The molecule has 0 bridgehead atoms. The highest BCUT2D eigenvalue weighted by atomic mass is 16.2. The number of aliphatic hydroxyl groups excluding tert-OH is 1. The van der Waals surface area contributed by atoms with E-state index in [0.717, 1.165) is 26.1 Å². The second-order valence-electron chi connectivity index (χ2n) is 5.19. The van der Waals surface area contributed by atoms with Crippen molar-refractivity contribution in [1.82, 2.24) is 10.2 Å². The number of amides is 1. The van der Waals surface area contributed by atoms with Crippen molar-refractivity contribution in [2.24, 2.45) is 0 Å². The van der Waals surface area contributed by atoms with Crippen molar-refractivity contribution >= 4 is 5.91 Å². The molecule has 4 heteroatoms. The van der Waals surface area contributed by atoms with Gasteiger partial charge in [0.15, 0.2) is 0 Å². The summed E-state index contributed by atoms with van der Waals surface area (Å²) in [6, 6.07) is 8.27. The molecule has 1 rings (SSSR count). The van der Waals surface area contributed by atoms with E-state index in [4.69, 9.17) is 5.11 Å². The first-order valence-corrected chi connectivity index (χ1v) is 7.87. The van der Waals surface area contributed by atoms with Gasteiger partial charge < -0.3 is 10.4 Å². The Morgan fingerprint density at radius 3 is 2.43 bits per heavy atom. The van der Waals surface area contributed by atoms with Gasteiger partial charge in [-0.25, -0.2) is 0 Å². The van der Waals surface area contributed by atoms with E-state index in [1.54, 1.807) is 0 Å². The molecule has 0 heterocycles. The van der Waals surface area contributed by atoms with Crippen LogP contribution in [0.1, 0.15) is 44.2 Å². The fourth-order valence-corrected chi connectivity index (χ4v) is 2.25. The molecule has 0 aliphatic heterocycles. The maximum Gasteiger partial charge on any atom is 0.220 e. The van der Waals surface area contributed by atoms with Crippen LogP contribution in [0.15, 0.2) is 24.3 Å². The maximum absolute atomic E-state index is 11.7. The number of nitrogens with one attached hydrogen (secondary N) is 1. The number of carbonyl (C=O) groups is 1. The lowest BCUT2D eigenvalue weighted by Crippen LogP contribution is -2.26. The number of benzene rings is 1. The molecule has 4 nitrogen and oxygen atoms in total. The van der Waals surface area contributed by atoms with Gasteiger partial charge in [-0.2, -0.15) is 0 Å². The zero-order chi connectivity index (χ0) is 15.5. The highest BCUT2D eigenvalue weighted by molar-refractivity contribution is 5.75. The minimum absolute atomic E-state index is 0.0566. The molecule has 0 saturated carbocycles. The zero-order valence-corrected chi connectivity index (χ0v) is 13.3. The molecule has 0 spiro atoms. The lowest BCUT2D eigenvalue weighted by Gasteiger charge is -2.20. The van der Waals surface area contributed by atoms with E-state index in [1.807, 2.05) is 12.1 Å². The molecule has 1 amide bonds. The van der Waals surface area contributed by atoms with E-state index in [0.29, 0.717) is 19.4 Å². The van der Waals surface area contributed by atoms with Crippen LogP contribution in [0.3, 0.4) is 0 Å². The van der Waals surface area contributed by atoms with Gasteiger partial charge in [-0.05, 0) is 37.1 Å². The number of unbranched alkanes of at least 4 members (excludes halogenated alkanes) is 1. The van der Waals surface area contributed by atoms with E-state index in [2.05, 4.69) is 36.2 Å². The van der Waals surface area contributed by atoms with Gasteiger partial charge >= 0.3 is 0 Å². The van der Waals surface area contributed by atoms with Crippen molar-refractivity contribution in [2.75, 3.05) is 19.7 Å². The molecular weight excluding hydrogens is 264 g/mol. The standard InChI is InChI=1S/C17H28N2O2/c1-3-19(4-2)14-16-10-6-5-9-15(16)13-18-17(21)11-7-8-12-20/h5-6,9-10,20H,3-4,7-8,11-14H2,1-2H3,(H,18,21). The average Bonchev–Trinajstić information content (AvgIpc) is 2.51. The van der Waals surface area contributed by atoms with Crippen molar-refractivity contribution in [3.05, 3.63) is 35.4 Å². The maximum atomic E-state index is 11.7. The molecule has 21 heavy (non-hydrogen) atoms. The first-order valence-electron chi connectivity index (χ1n) is 7.87. The predicted molar refractivity (Wildman–Crippen MR) is 85.9 cm³/mol. The molecule has 1 aromatic carbocycles. The van der Waals surface area contributed by atoms with E-state index < -0.39 is 0 Å². The molecule has 2 N–H and O–H groups in total. The topological polar surface area (TPSA) is 52.6 Å². The van der Waals surface area contributed by atoms with Crippen molar-refractivity contribution in [1.29, 1.82) is 0 Å². The van der Waals surface area contributed by atoms with E-state index in [9.17, 15) is 4.79 Å². The summed E-state index contributed by atoms with van der Waals surface area (Å²) in [5, 5.41) is 11.7. The van der Waals surface area contributed by atoms with Crippen LogP contribution in [-0.4, -0.2) is 35.6 Å². The quantitative estimate of drug-likeness (QED) is 0.651. The Hall–Kier alpha value is -1.39. The molecule has 0 aliphatic carbocycles. The number of aliphatic hydroxyl groups is 1. The largest absolute Gasteiger partial charge is 0.396 e. The third-order valence-corrected chi connectivity index (χ3v) is 3.69. The van der Waals surface area contributed by atoms with Gasteiger partial charge in [-0.3, -0.25) is 9.69 Å². The van der Waals surface area contributed by atoms with Crippen LogP contribution < -0.4 is 5.32 Å². The lowest BCUT2D eigenvalue weighted by molar-refractivity contribution is -0.121. The zero-order valence-electron chi connectivity index (χ0n) is 13.3. The van der Waals surface area contributed by atoms with Crippen molar-refractivity contribution < 1.29 is 9.90 Å². The summed E-state index contributed by atoms with van der Waals surface area (Å²) >= 11 is 0. The van der Waals surface area contributed by atoms with Gasteiger partial charge in [-0.15, -0.1) is 0 Å². The predicted octanol–water partition coefficient (Wildman–Crippen LogP) is 2.31. The monoisotopic (exact) mass is 292 g/mol. The second kappa shape index (κ2) is 10.4. The normalized spacial score (nSPS) is 10.9. The summed E-state index contributed by atoms with van der Waals surface area (Å²) in [5.41, 5.74) is 2.46. The number of hydrogen-bond donors (Lipinski definition) is 2. The molecule has 0 unspecified atom stereocenters. The van der Waals surface area contributed by atoms with Crippen LogP contribution in [0.5, 0.6) is 0 Å². The highest BCUT2D eigenvalue weighted by Crippen LogP contribution is 2.11. The van der Waals surface area contributed by atoms with Crippen LogP contribution in [-0.2, 0) is 17.9 Å². The Balaban J connectivity index is 2.52. The molecule has 0 atom stereocenters. The highest BCUT2D eigenvalue weighted by Gasteiger charge is 2.07. The Kier molecular flexibility index (Phi) is 8.71. The van der Waals surface area contributed by atoms with Gasteiger partial charge in [0, 0.05) is 26.1 Å². The molecule has 0 radical (unpaired) electrons.